The average Bonchev–Trinajstić information content (AvgIpc) is 3.24. The fourth-order valence-electron chi connectivity index (χ4n) is 4.49. The maximum atomic E-state index is 12.9. The minimum atomic E-state index is -4.41. The van der Waals surface area contributed by atoms with Gasteiger partial charge < -0.3 is 4.90 Å². The lowest BCUT2D eigenvalue weighted by molar-refractivity contribution is -0.137. The second kappa shape index (κ2) is 9.10. The zero-order valence-electron chi connectivity index (χ0n) is 19.2. The van der Waals surface area contributed by atoms with Crippen LogP contribution < -0.4 is 10.5 Å². The van der Waals surface area contributed by atoms with Gasteiger partial charge in [0, 0.05) is 51.0 Å². The summed E-state index contributed by atoms with van der Waals surface area (Å²) in [4.78, 5) is 25.7. The van der Waals surface area contributed by atoms with Crippen molar-refractivity contribution >= 4 is 11.3 Å². The van der Waals surface area contributed by atoms with E-state index in [2.05, 4.69) is 32.8 Å². The van der Waals surface area contributed by atoms with E-state index >= 15 is 0 Å². The number of anilines is 1. The molecule has 4 rings (SSSR count). The van der Waals surface area contributed by atoms with Crippen molar-refractivity contribution in [3.05, 3.63) is 57.9 Å². The lowest BCUT2D eigenvalue weighted by atomic mass is 10.0. The van der Waals surface area contributed by atoms with Crippen molar-refractivity contribution in [1.82, 2.24) is 24.1 Å². The summed E-state index contributed by atoms with van der Waals surface area (Å²) >= 11 is 0. The van der Waals surface area contributed by atoms with E-state index < -0.39 is 11.7 Å². The van der Waals surface area contributed by atoms with E-state index in [1.165, 1.54) is 10.7 Å². The van der Waals surface area contributed by atoms with E-state index in [1.807, 2.05) is 6.92 Å². The molecule has 0 aliphatic carbocycles. The number of piperazine rings is 1. The van der Waals surface area contributed by atoms with Crippen molar-refractivity contribution in [1.29, 1.82) is 5.26 Å². The van der Waals surface area contributed by atoms with Gasteiger partial charge in [-0.1, -0.05) is 6.92 Å². The number of nitriles is 1. The van der Waals surface area contributed by atoms with E-state index in [4.69, 9.17) is 5.26 Å². The van der Waals surface area contributed by atoms with Crippen LogP contribution >= 0.6 is 0 Å². The number of rotatable bonds is 5. The Morgan fingerprint density at radius 3 is 2.68 bits per heavy atom. The van der Waals surface area contributed by atoms with Gasteiger partial charge in [-0.05, 0) is 25.5 Å². The van der Waals surface area contributed by atoms with Gasteiger partial charge in [0.1, 0.15) is 0 Å². The number of imidazole rings is 1. The summed E-state index contributed by atoms with van der Waals surface area (Å²) < 4.78 is 41.8. The Bertz CT molecular complexity index is 1270. The highest BCUT2D eigenvalue weighted by atomic mass is 19.4. The van der Waals surface area contributed by atoms with Crippen LogP contribution in [0.5, 0.6) is 0 Å². The summed E-state index contributed by atoms with van der Waals surface area (Å²) in [6.45, 7) is 5.93. The molecule has 2 atom stereocenters. The van der Waals surface area contributed by atoms with E-state index in [0.717, 1.165) is 24.4 Å². The largest absolute Gasteiger partial charge is 0.417 e. The van der Waals surface area contributed by atoms with Crippen LogP contribution in [0.4, 0.5) is 18.9 Å². The first-order valence-corrected chi connectivity index (χ1v) is 11.1. The van der Waals surface area contributed by atoms with Gasteiger partial charge in [0.15, 0.2) is 5.65 Å². The van der Waals surface area contributed by atoms with Crippen LogP contribution in [0.25, 0.3) is 5.65 Å². The Balaban J connectivity index is 1.60. The Morgan fingerprint density at radius 2 is 2.06 bits per heavy atom. The molecule has 8 nitrogen and oxygen atoms in total. The lowest BCUT2D eigenvalue weighted by Crippen LogP contribution is -2.54. The number of fused-ring (bicyclic) bond motifs is 1. The molecule has 1 aliphatic heterocycles. The summed E-state index contributed by atoms with van der Waals surface area (Å²) in [5.74, 6) is 0. The third-order valence-electron chi connectivity index (χ3n) is 6.51. The Morgan fingerprint density at radius 1 is 1.29 bits per heavy atom. The van der Waals surface area contributed by atoms with Gasteiger partial charge in [0.05, 0.1) is 41.3 Å². The van der Waals surface area contributed by atoms with E-state index in [-0.39, 0.29) is 24.1 Å². The molecule has 180 valence electrons. The fraction of sp³-hybridized carbons (Fsp3) is 0.478. The van der Waals surface area contributed by atoms with Crippen molar-refractivity contribution in [3.8, 4) is 6.07 Å². The highest BCUT2D eigenvalue weighted by molar-refractivity contribution is 5.69. The number of alkyl halides is 3. The number of hydrogen-bond donors (Lipinski definition) is 0. The van der Waals surface area contributed by atoms with E-state index in [9.17, 15) is 18.0 Å². The molecule has 0 amide bonds. The monoisotopic (exact) mass is 473 g/mol. The van der Waals surface area contributed by atoms with Crippen LogP contribution in [-0.2, 0) is 19.6 Å². The lowest BCUT2D eigenvalue weighted by Gasteiger charge is -2.44. The second-order valence-corrected chi connectivity index (χ2v) is 8.52. The number of hydrogen-bond acceptors (Lipinski definition) is 6. The summed E-state index contributed by atoms with van der Waals surface area (Å²) in [5.41, 5.74) is 1.59. The molecule has 11 heteroatoms. The van der Waals surface area contributed by atoms with Crippen LogP contribution in [-0.4, -0.2) is 49.7 Å². The maximum Gasteiger partial charge on any atom is 0.417 e. The number of aromatic nitrogens is 4. The van der Waals surface area contributed by atoms with Gasteiger partial charge in [-0.3, -0.25) is 14.7 Å². The third kappa shape index (κ3) is 4.37. The second-order valence-electron chi connectivity index (χ2n) is 8.52. The van der Waals surface area contributed by atoms with Crippen molar-refractivity contribution in [3.63, 3.8) is 0 Å². The maximum absolute atomic E-state index is 12.9. The van der Waals surface area contributed by atoms with E-state index in [0.29, 0.717) is 36.7 Å². The SMILES string of the molecule is CCC1CN(C(C)c2ccc(C(F)(F)F)cn2)CCN1c1cc(=O)n(C)n2cc(CC#N)nc12. The molecule has 3 aromatic rings. The van der Waals surface area contributed by atoms with Gasteiger partial charge >= 0.3 is 6.18 Å². The standard InChI is InChI=1S/C23H26F3N7O/c1-4-18-14-31(15(2)19-6-5-16(12-28-19)23(24,25)26)9-10-32(18)20-11-21(34)30(3)33-13-17(7-8-27)29-22(20)33/h5-6,11-13,15,18H,4,7,9-10,14H2,1-3H3. The molecule has 4 heterocycles. The average molecular weight is 474 g/mol. The number of pyridine rings is 1. The molecule has 3 aromatic heterocycles. The zero-order chi connectivity index (χ0) is 24.6. The van der Waals surface area contributed by atoms with Gasteiger partial charge in [-0.15, -0.1) is 0 Å². The molecule has 0 spiro atoms. The van der Waals surface area contributed by atoms with Crippen LogP contribution in [0.2, 0.25) is 0 Å². The van der Waals surface area contributed by atoms with Crippen molar-refractivity contribution in [2.45, 2.75) is 44.9 Å². The first-order chi connectivity index (χ1) is 16.1. The smallest absolute Gasteiger partial charge is 0.363 e. The van der Waals surface area contributed by atoms with Crippen LogP contribution in [0.15, 0.2) is 35.4 Å². The summed E-state index contributed by atoms with van der Waals surface area (Å²) in [5, 5.41) is 9.05. The molecule has 0 aromatic carbocycles. The Kier molecular flexibility index (Phi) is 6.36. The van der Waals surface area contributed by atoms with Gasteiger partial charge in [0.2, 0.25) is 0 Å². The normalized spacial score (nSPS) is 18.3. The molecule has 34 heavy (non-hydrogen) atoms. The molecule has 1 aliphatic rings. The molecule has 1 saturated heterocycles. The van der Waals surface area contributed by atoms with Gasteiger partial charge in [-0.2, -0.15) is 18.4 Å². The molecule has 0 bridgehead atoms. The summed E-state index contributed by atoms with van der Waals surface area (Å²) in [7, 11) is 1.66. The Labute approximate surface area is 194 Å². The topological polar surface area (TPSA) is 82.5 Å². The van der Waals surface area contributed by atoms with Crippen LogP contribution in [0, 0.1) is 11.3 Å². The summed E-state index contributed by atoms with van der Waals surface area (Å²) in [6.07, 6.45) is -0.869. The number of nitrogens with zero attached hydrogens (tertiary/aromatic N) is 7. The summed E-state index contributed by atoms with van der Waals surface area (Å²) in [6, 6.07) is 6.09. The first-order valence-electron chi connectivity index (χ1n) is 11.1. The predicted octanol–water partition coefficient (Wildman–Crippen LogP) is 3.17. The molecular weight excluding hydrogens is 447 g/mol. The quantitative estimate of drug-likeness (QED) is 0.566. The Hall–Kier alpha value is -3.39. The molecular formula is C23H26F3N7O. The van der Waals surface area contributed by atoms with Crippen molar-refractivity contribution in [2.24, 2.45) is 7.05 Å². The highest BCUT2D eigenvalue weighted by Gasteiger charge is 2.33. The highest BCUT2D eigenvalue weighted by Crippen LogP contribution is 2.31. The third-order valence-corrected chi connectivity index (χ3v) is 6.51. The number of aryl methyl sites for hydroxylation is 1. The van der Waals surface area contributed by atoms with Gasteiger partial charge in [-0.25, -0.2) is 14.2 Å². The van der Waals surface area contributed by atoms with Gasteiger partial charge in [0.25, 0.3) is 5.56 Å². The van der Waals surface area contributed by atoms with Crippen LogP contribution in [0.3, 0.4) is 0 Å². The van der Waals surface area contributed by atoms with E-state index in [1.54, 1.807) is 23.8 Å². The minimum absolute atomic E-state index is 0.0673. The van der Waals surface area contributed by atoms with Crippen molar-refractivity contribution < 1.29 is 13.2 Å². The molecule has 0 N–H and O–H groups in total. The van der Waals surface area contributed by atoms with Crippen molar-refractivity contribution in [2.75, 3.05) is 24.5 Å². The number of halogens is 3. The molecule has 0 saturated carbocycles. The fourth-order valence-corrected chi connectivity index (χ4v) is 4.49. The minimum Gasteiger partial charge on any atom is -0.363 e. The molecule has 2 unspecified atom stereocenters. The predicted molar refractivity (Wildman–Crippen MR) is 120 cm³/mol. The zero-order valence-corrected chi connectivity index (χ0v) is 19.2. The molecule has 0 radical (unpaired) electrons. The molecule has 1 fully saturated rings. The van der Waals surface area contributed by atoms with Crippen LogP contribution in [0.1, 0.15) is 43.3 Å². The first kappa shape index (κ1) is 23.8.